The minimum atomic E-state index is -0.312. The van der Waals surface area contributed by atoms with Crippen molar-refractivity contribution < 1.29 is 9.47 Å². The van der Waals surface area contributed by atoms with E-state index in [1.807, 2.05) is 25.1 Å². The van der Waals surface area contributed by atoms with Crippen LogP contribution in [0.5, 0.6) is 11.5 Å². The molecule has 2 rings (SSSR count). The summed E-state index contributed by atoms with van der Waals surface area (Å²) in [6.07, 6.45) is 1.66. The number of alkyl halides is 2. The van der Waals surface area contributed by atoms with Gasteiger partial charge in [-0.3, -0.25) is 0 Å². The second kappa shape index (κ2) is 8.77. The molecule has 0 aliphatic carbocycles. The van der Waals surface area contributed by atoms with Crippen LogP contribution in [0.2, 0.25) is 0 Å². The summed E-state index contributed by atoms with van der Waals surface area (Å²) in [5, 5.41) is 0.0189. The molecule has 0 amide bonds. The van der Waals surface area contributed by atoms with Crippen molar-refractivity contribution in [1.29, 1.82) is 0 Å². The maximum absolute atomic E-state index is 6.15. The molecule has 4 heteroatoms. The van der Waals surface area contributed by atoms with Crippen LogP contribution in [0, 0.1) is 13.8 Å². The topological polar surface area (TPSA) is 18.5 Å². The van der Waals surface area contributed by atoms with E-state index in [9.17, 15) is 0 Å². The Hall–Kier alpha value is -1.19. The second-order valence-electron chi connectivity index (χ2n) is 5.78. The number of hydrogen-bond donors (Lipinski definition) is 0. The first kappa shape index (κ1) is 19.1. The zero-order valence-corrected chi connectivity index (χ0v) is 16.9. The molecule has 0 heterocycles. The Morgan fingerprint density at radius 1 is 1.00 bits per heavy atom. The summed E-state index contributed by atoms with van der Waals surface area (Å²) in [6.45, 7) is 8.26. The van der Waals surface area contributed by atoms with Gasteiger partial charge in [0.2, 0.25) is 0 Å². The Morgan fingerprint density at radius 3 is 2.42 bits per heavy atom. The van der Waals surface area contributed by atoms with Crippen LogP contribution in [0.1, 0.15) is 37.8 Å². The zero-order valence-electron chi connectivity index (χ0n) is 14.6. The molecule has 2 unspecified atom stereocenters. The lowest BCUT2D eigenvalue weighted by Gasteiger charge is -2.18. The van der Waals surface area contributed by atoms with Gasteiger partial charge in [0, 0.05) is 0 Å². The van der Waals surface area contributed by atoms with Gasteiger partial charge < -0.3 is 9.47 Å². The molecule has 0 bridgehead atoms. The molecule has 0 fully saturated rings. The van der Waals surface area contributed by atoms with E-state index in [1.54, 1.807) is 0 Å². The lowest BCUT2D eigenvalue weighted by Crippen LogP contribution is -2.08. The Morgan fingerprint density at radius 2 is 1.75 bits per heavy atom. The van der Waals surface area contributed by atoms with Gasteiger partial charge in [0.15, 0.2) is 10.6 Å². The van der Waals surface area contributed by atoms with Gasteiger partial charge in [-0.2, -0.15) is 0 Å². The number of aryl methyl sites for hydroxylation is 1. The van der Waals surface area contributed by atoms with Crippen LogP contribution in [-0.4, -0.2) is 10.6 Å². The van der Waals surface area contributed by atoms with Crippen molar-refractivity contribution in [3.05, 3.63) is 47.5 Å². The Balaban J connectivity index is 2.40. The average molecular weight is 412 g/mol. The van der Waals surface area contributed by atoms with Crippen LogP contribution >= 0.6 is 27.5 Å². The van der Waals surface area contributed by atoms with Crippen LogP contribution in [0.4, 0.5) is 0 Å². The van der Waals surface area contributed by atoms with Gasteiger partial charge in [-0.15, -0.1) is 0 Å². The van der Waals surface area contributed by atoms with Gasteiger partial charge in [0.1, 0.15) is 11.5 Å². The molecule has 0 saturated carbocycles. The lowest BCUT2D eigenvalue weighted by atomic mass is 9.96. The monoisotopic (exact) mass is 410 g/mol. The van der Waals surface area contributed by atoms with E-state index < -0.39 is 0 Å². The summed E-state index contributed by atoms with van der Waals surface area (Å²) in [5.41, 5.74) is 4.26. The van der Waals surface area contributed by atoms with Gasteiger partial charge in [0.25, 0.3) is 0 Å². The summed E-state index contributed by atoms with van der Waals surface area (Å²) in [7, 11) is 0. The molecule has 0 spiro atoms. The molecule has 130 valence electrons. The summed E-state index contributed by atoms with van der Waals surface area (Å²) >= 11 is 9.67. The summed E-state index contributed by atoms with van der Waals surface area (Å²) in [5.74, 6) is 1.68. The highest BCUT2D eigenvalue weighted by Crippen LogP contribution is 2.35. The molecule has 2 aromatic rings. The van der Waals surface area contributed by atoms with E-state index >= 15 is 0 Å². The summed E-state index contributed by atoms with van der Waals surface area (Å²) in [4.78, 5) is 0. The lowest BCUT2D eigenvalue weighted by molar-refractivity contribution is 0.275. The standard InChI is InChI=1S/C20H24BrClO2/c1-5-19(21)23-15-11-10-13(3)17(12-15)16-8-7-9-18(14(16)4)24-20(22)6-2/h7-12,19-20H,5-6H2,1-4H3. The number of hydrogen-bond acceptors (Lipinski definition) is 2. The van der Waals surface area contributed by atoms with E-state index in [-0.39, 0.29) is 10.6 Å². The van der Waals surface area contributed by atoms with Crippen LogP contribution in [-0.2, 0) is 0 Å². The molecular formula is C20H24BrClO2. The Labute approximate surface area is 158 Å². The van der Waals surface area contributed by atoms with Crippen molar-refractivity contribution in [3.8, 4) is 22.6 Å². The number of ether oxygens (including phenoxy) is 2. The first-order chi connectivity index (χ1) is 11.5. The first-order valence-corrected chi connectivity index (χ1v) is 9.63. The quantitative estimate of drug-likeness (QED) is 0.465. The molecule has 0 aromatic heterocycles. The molecule has 0 saturated heterocycles. The minimum Gasteiger partial charge on any atom is -0.479 e. The van der Waals surface area contributed by atoms with Gasteiger partial charge in [-0.1, -0.05) is 43.6 Å². The van der Waals surface area contributed by atoms with E-state index in [1.165, 1.54) is 5.56 Å². The van der Waals surface area contributed by atoms with Crippen molar-refractivity contribution >= 4 is 27.5 Å². The first-order valence-electron chi connectivity index (χ1n) is 8.28. The van der Waals surface area contributed by atoms with Gasteiger partial charge in [-0.25, -0.2) is 0 Å². The van der Waals surface area contributed by atoms with E-state index in [0.29, 0.717) is 0 Å². The summed E-state index contributed by atoms with van der Waals surface area (Å²) in [6, 6.07) is 12.3. The van der Waals surface area contributed by atoms with Crippen molar-refractivity contribution in [2.75, 3.05) is 0 Å². The minimum absolute atomic E-state index is 0.0189. The van der Waals surface area contributed by atoms with Gasteiger partial charge in [0.05, 0.1) is 0 Å². The highest BCUT2D eigenvalue weighted by Gasteiger charge is 2.13. The number of benzene rings is 2. The molecule has 0 N–H and O–H groups in total. The van der Waals surface area contributed by atoms with Gasteiger partial charge >= 0.3 is 0 Å². The van der Waals surface area contributed by atoms with E-state index in [2.05, 4.69) is 54.9 Å². The Kier molecular flexibility index (Phi) is 7.00. The molecule has 2 aromatic carbocycles. The SMILES string of the molecule is CCC(Cl)Oc1cccc(-c2cc(OC(Br)CC)ccc2C)c1C. The van der Waals surface area contributed by atoms with Crippen molar-refractivity contribution in [1.82, 2.24) is 0 Å². The third-order valence-corrected chi connectivity index (χ3v) is 5.18. The van der Waals surface area contributed by atoms with Crippen LogP contribution in [0.15, 0.2) is 36.4 Å². The Bertz CT molecular complexity index is 687. The molecule has 0 radical (unpaired) electrons. The van der Waals surface area contributed by atoms with Crippen LogP contribution < -0.4 is 9.47 Å². The zero-order chi connectivity index (χ0) is 17.7. The highest BCUT2D eigenvalue weighted by molar-refractivity contribution is 9.09. The predicted molar refractivity (Wildman–Crippen MR) is 106 cm³/mol. The second-order valence-corrected chi connectivity index (χ2v) is 7.29. The fourth-order valence-corrected chi connectivity index (χ4v) is 2.76. The fraction of sp³-hybridized carbons (Fsp3) is 0.400. The van der Waals surface area contributed by atoms with Crippen LogP contribution in [0.3, 0.4) is 0 Å². The largest absolute Gasteiger partial charge is 0.479 e. The van der Waals surface area contributed by atoms with Crippen molar-refractivity contribution in [2.45, 2.75) is 51.1 Å². The smallest absolute Gasteiger partial charge is 0.171 e. The number of rotatable bonds is 7. The fourth-order valence-electron chi connectivity index (χ4n) is 2.45. The summed E-state index contributed by atoms with van der Waals surface area (Å²) < 4.78 is 11.7. The maximum atomic E-state index is 6.15. The van der Waals surface area contributed by atoms with Crippen molar-refractivity contribution in [2.24, 2.45) is 0 Å². The molecular weight excluding hydrogens is 388 g/mol. The third kappa shape index (κ3) is 4.67. The molecule has 0 aliphatic rings. The molecule has 24 heavy (non-hydrogen) atoms. The third-order valence-electron chi connectivity index (χ3n) is 3.94. The van der Waals surface area contributed by atoms with Crippen molar-refractivity contribution in [3.63, 3.8) is 0 Å². The number of halogens is 2. The highest BCUT2D eigenvalue weighted by atomic mass is 79.9. The van der Waals surface area contributed by atoms with Gasteiger partial charge in [-0.05, 0) is 83.1 Å². The molecule has 0 aliphatic heterocycles. The normalized spacial score (nSPS) is 13.4. The van der Waals surface area contributed by atoms with Crippen LogP contribution in [0.25, 0.3) is 11.1 Å². The molecule has 2 atom stereocenters. The average Bonchev–Trinajstić information content (AvgIpc) is 2.58. The van der Waals surface area contributed by atoms with E-state index in [4.69, 9.17) is 21.1 Å². The predicted octanol–water partition coefficient (Wildman–Crippen LogP) is 6.83. The maximum Gasteiger partial charge on any atom is 0.171 e. The van der Waals surface area contributed by atoms with E-state index in [0.717, 1.165) is 41.0 Å². The molecule has 2 nitrogen and oxygen atoms in total.